The first-order valence-electron chi connectivity index (χ1n) is 11.2. The summed E-state index contributed by atoms with van der Waals surface area (Å²) in [7, 11) is -3.83. The maximum atomic E-state index is 13.8. The number of ether oxygens (including phenoxy) is 1. The maximum Gasteiger partial charge on any atom is 0.211 e. The number of fused-ring (bicyclic) bond motifs is 1. The first-order chi connectivity index (χ1) is 15.9. The average molecular weight is 464 g/mol. The molecule has 172 valence electrons. The highest BCUT2D eigenvalue weighted by atomic mass is 32.2. The third-order valence-electron chi connectivity index (χ3n) is 5.84. The summed E-state index contributed by atoms with van der Waals surface area (Å²) in [5.41, 5.74) is 2.37. The zero-order chi connectivity index (χ0) is 23.4. The summed E-state index contributed by atoms with van der Waals surface area (Å²) in [5, 5.41) is 0.577. The summed E-state index contributed by atoms with van der Waals surface area (Å²) in [6.45, 7) is 9.55. The molecule has 0 fully saturated rings. The average Bonchev–Trinajstić information content (AvgIpc) is 3.23. The van der Waals surface area contributed by atoms with Crippen molar-refractivity contribution in [2.24, 2.45) is 0 Å². The van der Waals surface area contributed by atoms with E-state index in [0.717, 1.165) is 30.8 Å². The second-order valence-corrected chi connectivity index (χ2v) is 9.86. The fourth-order valence-electron chi connectivity index (χ4n) is 3.85. The van der Waals surface area contributed by atoms with E-state index in [1.807, 2.05) is 43.3 Å². The van der Waals surface area contributed by atoms with E-state index in [1.54, 1.807) is 36.4 Å². The zero-order valence-electron chi connectivity index (χ0n) is 19.2. The molecule has 0 aliphatic heterocycles. The van der Waals surface area contributed by atoms with Gasteiger partial charge in [-0.2, -0.15) is 0 Å². The van der Waals surface area contributed by atoms with E-state index in [2.05, 4.69) is 18.7 Å². The van der Waals surface area contributed by atoms with Crippen molar-refractivity contribution >= 4 is 20.8 Å². The minimum absolute atomic E-state index is 0.192. The largest absolute Gasteiger partial charge is 0.492 e. The molecule has 0 aliphatic carbocycles. The van der Waals surface area contributed by atoms with Crippen molar-refractivity contribution in [1.29, 1.82) is 0 Å². The van der Waals surface area contributed by atoms with Crippen molar-refractivity contribution in [3.05, 3.63) is 78.4 Å². The van der Waals surface area contributed by atoms with Gasteiger partial charge in [-0.15, -0.1) is 0 Å². The SMILES string of the molecule is CCN(CC)CCOc1ccc(S(=O)(=O)c2c(-c3ccc(C)cc3)oc3ccccc23)cc1. The van der Waals surface area contributed by atoms with Gasteiger partial charge in [-0.05, 0) is 56.4 Å². The maximum absolute atomic E-state index is 13.8. The van der Waals surface area contributed by atoms with Crippen LogP contribution in [0.15, 0.2) is 87.0 Å². The minimum Gasteiger partial charge on any atom is -0.492 e. The summed E-state index contributed by atoms with van der Waals surface area (Å²) < 4.78 is 39.4. The van der Waals surface area contributed by atoms with Crippen LogP contribution in [0.3, 0.4) is 0 Å². The molecule has 5 nitrogen and oxygen atoms in total. The summed E-state index contributed by atoms with van der Waals surface area (Å²) in [5.74, 6) is 1.01. The monoisotopic (exact) mass is 463 g/mol. The van der Waals surface area contributed by atoms with Crippen LogP contribution in [0.25, 0.3) is 22.3 Å². The lowest BCUT2D eigenvalue weighted by Gasteiger charge is -2.18. The summed E-state index contributed by atoms with van der Waals surface area (Å²) >= 11 is 0. The Balaban J connectivity index is 1.68. The first-order valence-corrected chi connectivity index (χ1v) is 12.7. The number of para-hydroxylation sites is 1. The minimum atomic E-state index is -3.83. The lowest BCUT2D eigenvalue weighted by Crippen LogP contribution is -2.27. The second-order valence-electron chi connectivity index (χ2n) is 7.97. The molecule has 0 spiro atoms. The summed E-state index contributed by atoms with van der Waals surface area (Å²) in [6, 6.07) is 21.5. The van der Waals surface area contributed by atoms with E-state index in [0.29, 0.717) is 29.1 Å². The number of rotatable bonds is 9. The quantitative estimate of drug-likeness (QED) is 0.306. The van der Waals surface area contributed by atoms with Crippen LogP contribution in [0.4, 0.5) is 0 Å². The van der Waals surface area contributed by atoms with Crippen LogP contribution in [0.1, 0.15) is 19.4 Å². The van der Waals surface area contributed by atoms with Gasteiger partial charge < -0.3 is 14.1 Å². The molecule has 4 rings (SSSR count). The van der Waals surface area contributed by atoms with Gasteiger partial charge in [-0.3, -0.25) is 0 Å². The molecule has 3 aromatic carbocycles. The molecular weight excluding hydrogens is 434 g/mol. The van der Waals surface area contributed by atoms with Crippen molar-refractivity contribution in [3.8, 4) is 17.1 Å². The van der Waals surface area contributed by atoms with Crippen molar-refractivity contribution < 1.29 is 17.6 Å². The van der Waals surface area contributed by atoms with Gasteiger partial charge in [0.25, 0.3) is 0 Å². The van der Waals surface area contributed by atoms with Crippen molar-refractivity contribution in [2.75, 3.05) is 26.2 Å². The summed E-state index contributed by atoms with van der Waals surface area (Å²) in [4.78, 5) is 2.67. The van der Waals surface area contributed by atoms with Crippen LogP contribution in [-0.2, 0) is 9.84 Å². The fourth-order valence-corrected chi connectivity index (χ4v) is 5.44. The smallest absolute Gasteiger partial charge is 0.211 e. The predicted octanol–water partition coefficient (Wildman–Crippen LogP) is 5.96. The zero-order valence-corrected chi connectivity index (χ0v) is 20.1. The van der Waals surface area contributed by atoms with E-state index in [-0.39, 0.29) is 9.79 Å². The van der Waals surface area contributed by atoms with Gasteiger partial charge in [-0.1, -0.05) is 55.8 Å². The molecule has 0 atom stereocenters. The highest BCUT2D eigenvalue weighted by Gasteiger charge is 2.29. The van der Waals surface area contributed by atoms with Crippen LogP contribution < -0.4 is 4.74 Å². The molecule has 6 heteroatoms. The number of furan rings is 1. The molecule has 0 radical (unpaired) electrons. The molecule has 0 bridgehead atoms. The molecule has 1 heterocycles. The van der Waals surface area contributed by atoms with Gasteiger partial charge in [0.1, 0.15) is 22.8 Å². The highest BCUT2D eigenvalue weighted by molar-refractivity contribution is 7.91. The molecular formula is C27H29NO4S. The van der Waals surface area contributed by atoms with Crippen LogP contribution in [0, 0.1) is 6.92 Å². The van der Waals surface area contributed by atoms with Gasteiger partial charge in [0, 0.05) is 17.5 Å². The highest BCUT2D eigenvalue weighted by Crippen LogP contribution is 2.40. The van der Waals surface area contributed by atoms with Gasteiger partial charge in [0.05, 0.1) is 4.90 Å². The molecule has 4 aromatic rings. The molecule has 0 amide bonds. The van der Waals surface area contributed by atoms with E-state index < -0.39 is 9.84 Å². The number of likely N-dealkylation sites (N-methyl/N-ethyl adjacent to an activating group) is 1. The van der Waals surface area contributed by atoms with Crippen molar-refractivity contribution in [3.63, 3.8) is 0 Å². The predicted molar refractivity (Wildman–Crippen MR) is 132 cm³/mol. The normalized spacial score (nSPS) is 11.9. The number of nitrogens with zero attached hydrogens (tertiary/aromatic N) is 1. The van der Waals surface area contributed by atoms with Crippen molar-refractivity contribution in [2.45, 2.75) is 30.6 Å². The van der Waals surface area contributed by atoms with Gasteiger partial charge in [-0.25, -0.2) is 8.42 Å². The van der Waals surface area contributed by atoms with Crippen LogP contribution in [0.5, 0.6) is 5.75 Å². The summed E-state index contributed by atoms with van der Waals surface area (Å²) in [6.07, 6.45) is 0. The second kappa shape index (κ2) is 9.81. The topological polar surface area (TPSA) is 59.8 Å². The molecule has 33 heavy (non-hydrogen) atoms. The molecule has 0 saturated carbocycles. The van der Waals surface area contributed by atoms with Gasteiger partial charge in [0.15, 0.2) is 5.76 Å². The Morgan fingerprint density at radius 2 is 1.55 bits per heavy atom. The van der Waals surface area contributed by atoms with Gasteiger partial charge >= 0.3 is 0 Å². The number of hydrogen-bond donors (Lipinski definition) is 0. The molecule has 0 aliphatic rings. The van der Waals surface area contributed by atoms with E-state index in [1.165, 1.54) is 0 Å². The third-order valence-corrected chi connectivity index (χ3v) is 7.67. The number of aryl methyl sites for hydroxylation is 1. The molecule has 0 saturated heterocycles. The Labute approximate surface area is 195 Å². The number of hydrogen-bond acceptors (Lipinski definition) is 5. The Morgan fingerprint density at radius 1 is 0.879 bits per heavy atom. The lowest BCUT2D eigenvalue weighted by atomic mass is 10.1. The van der Waals surface area contributed by atoms with Gasteiger partial charge in [0.2, 0.25) is 9.84 Å². The molecule has 0 unspecified atom stereocenters. The number of benzene rings is 3. The number of sulfone groups is 1. The lowest BCUT2D eigenvalue weighted by molar-refractivity contribution is 0.222. The fraction of sp³-hybridized carbons (Fsp3) is 0.259. The van der Waals surface area contributed by atoms with E-state index >= 15 is 0 Å². The Bertz CT molecular complexity index is 1320. The van der Waals surface area contributed by atoms with Crippen LogP contribution in [0.2, 0.25) is 0 Å². The van der Waals surface area contributed by atoms with Crippen LogP contribution in [-0.4, -0.2) is 39.6 Å². The Morgan fingerprint density at radius 3 is 2.21 bits per heavy atom. The van der Waals surface area contributed by atoms with E-state index in [9.17, 15) is 8.42 Å². The standard InChI is InChI=1S/C27H29NO4S/c1-4-28(5-2)18-19-31-22-14-16-23(17-15-22)33(29,30)27-24-8-6-7-9-25(24)32-26(27)21-12-10-20(3)11-13-21/h6-17H,4-5,18-19H2,1-3H3. The van der Waals surface area contributed by atoms with Crippen molar-refractivity contribution in [1.82, 2.24) is 4.90 Å². The molecule has 1 aromatic heterocycles. The Hall–Kier alpha value is -3.09. The van der Waals surface area contributed by atoms with E-state index in [4.69, 9.17) is 9.15 Å². The first kappa shape index (κ1) is 23.1. The third kappa shape index (κ3) is 4.82. The molecule has 0 N–H and O–H groups in total. The Kier molecular flexibility index (Phi) is 6.86. The van der Waals surface area contributed by atoms with Crippen LogP contribution >= 0.6 is 0 Å².